The third kappa shape index (κ3) is 4.87. The fourth-order valence-electron chi connectivity index (χ4n) is 11.0. The lowest BCUT2D eigenvalue weighted by Gasteiger charge is -2.41. The molecule has 0 fully saturated rings. The predicted octanol–water partition coefficient (Wildman–Crippen LogP) is 12.5. The van der Waals surface area contributed by atoms with Crippen molar-refractivity contribution in [3.05, 3.63) is 132 Å². The van der Waals surface area contributed by atoms with Gasteiger partial charge in [-0.1, -0.05) is 119 Å². The number of fused-ring (bicyclic) bond motifs is 15. The van der Waals surface area contributed by atoms with E-state index < -0.39 is 0 Å². The lowest BCUT2D eigenvalue weighted by atomic mass is 9.35. The lowest BCUT2D eigenvalue weighted by molar-refractivity contribution is 0.590. The zero-order chi connectivity index (χ0) is 43.2. The SMILES string of the molecule is CC(C)(C)c1ccc(N2c3ccc(C(C)(C)C)cc3B3c4c2c2c5ccncc5n5c6ccc(C(C)(C)C)cc6c(c4-n4c6ccc(C(C)(C)C)cc6c6ccnc3c64)c25)cc1. The second kappa shape index (κ2) is 11.9. The molecule has 10 aromatic rings. The largest absolute Gasteiger partial charge is 0.311 e. The van der Waals surface area contributed by atoms with Crippen LogP contribution >= 0.6 is 0 Å². The summed E-state index contributed by atoms with van der Waals surface area (Å²) in [4.78, 5) is 12.9. The maximum Gasteiger partial charge on any atom is 0.275 e. The van der Waals surface area contributed by atoms with Crippen molar-refractivity contribution >= 4 is 100 Å². The summed E-state index contributed by atoms with van der Waals surface area (Å²) in [6.07, 6.45) is 6.13. The fraction of sp³-hybridized carbons (Fsp3) is 0.286. The van der Waals surface area contributed by atoms with Crippen molar-refractivity contribution in [2.75, 3.05) is 4.90 Å². The highest BCUT2D eigenvalue weighted by Crippen LogP contribution is 2.52. The van der Waals surface area contributed by atoms with Crippen molar-refractivity contribution in [1.29, 1.82) is 0 Å². The zero-order valence-electron chi connectivity index (χ0n) is 38.2. The van der Waals surface area contributed by atoms with E-state index in [9.17, 15) is 0 Å². The van der Waals surface area contributed by atoms with Crippen LogP contribution in [0.25, 0.3) is 65.6 Å². The van der Waals surface area contributed by atoms with Crippen LogP contribution in [0.3, 0.4) is 0 Å². The van der Waals surface area contributed by atoms with Gasteiger partial charge in [-0.2, -0.15) is 0 Å². The zero-order valence-corrected chi connectivity index (χ0v) is 38.2. The quantitative estimate of drug-likeness (QED) is 0.155. The smallest absolute Gasteiger partial charge is 0.275 e. The Morgan fingerprint density at radius 3 is 1.74 bits per heavy atom. The molecule has 2 aliphatic heterocycles. The van der Waals surface area contributed by atoms with E-state index in [0.29, 0.717) is 0 Å². The van der Waals surface area contributed by atoms with Gasteiger partial charge in [0.15, 0.2) is 0 Å². The highest BCUT2D eigenvalue weighted by atomic mass is 15.2. The molecule has 0 radical (unpaired) electrons. The Morgan fingerprint density at radius 1 is 0.484 bits per heavy atom. The minimum absolute atomic E-state index is 0.00195. The first-order chi connectivity index (χ1) is 29.3. The van der Waals surface area contributed by atoms with Gasteiger partial charge in [-0.15, -0.1) is 0 Å². The Balaban J connectivity index is 1.37. The topological polar surface area (TPSA) is 38.4 Å². The Kier molecular flexibility index (Phi) is 7.19. The van der Waals surface area contributed by atoms with Gasteiger partial charge in [0.25, 0.3) is 6.71 Å². The maximum atomic E-state index is 5.49. The van der Waals surface area contributed by atoms with Gasteiger partial charge in [0.05, 0.1) is 45.2 Å². The molecule has 0 N–H and O–H groups in total. The third-order valence-corrected chi connectivity index (χ3v) is 14.4. The molecule has 0 saturated carbocycles. The van der Waals surface area contributed by atoms with Gasteiger partial charge in [-0.3, -0.25) is 9.97 Å². The molecule has 0 atom stereocenters. The van der Waals surface area contributed by atoms with E-state index >= 15 is 0 Å². The lowest BCUT2D eigenvalue weighted by Crippen LogP contribution is -2.61. The predicted molar refractivity (Wildman–Crippen MR) is 265 cm³/mol. The van der Waals surface area contributed by atoms with Crippen LogP contribution in [-0.2, 0) is 21.7 Å². The van der Waals surface area contributed by atoms with Crippen molar-refractivity contribution < 1.29 is 0 Å². The van der Waals surface area contributed by atoms with Gasteiger partial charge in [0, 0.05) is 61.7 Å². The summed E-state index contributed by atoms with van der Waals surface area (Å²) in [5, 5.41) is 7.60. The summed E-state index contributed by atoms with van der Waals surface area (Å²) in [7, 11) is 0. The van der Waals surface area contributed by atoms with Crippen molar-refractivity contribution in [1.82, 2.24) is 18.9 Å². The van der Waals surface area contributed by atoms with E-state index in [0.717, 1.165) is 16.8 Å². The van der Waals surface area contributed by atoms with Gasteiger partial charge in [0.2, 0.25) is 0 Å². The van der Waals surface area contributed by atoms with Crippen LogP contribution in [0.15, 0.2) is 110 Å². The normalized spacial score (nSPS) is 14.4. The van der Waals surface area contributed by atoms with Crippen molar-refractivity contribution in [3.8, 4) is 5.69 Å². The first-order valence-corrected chi connectivity index (χ1v) is 22.4. The van der Waals surface area contributed by atoms with Gasteiger partial charge < -0.3 is 13.9 Å². The Labute approximate surface area is 364 Å². The Bertz CT molecular complexity index is 3560. The number of pyridine rings is 2. The number of hydrogen-bond donors (Lipinski definition) is 0. The number of aromatic nitrogens is 4. The van der Waals surface area contributed by atoms with E-state index in [1.165, 1.54) is 105 Å². The minimum Gasteiger partial charge on any atom is -0.311 e. The first-order valence-electron chi connectivity index (χ1n) is 22.4. The van der Waals surface area contributed by atoms with E-state index in [1.807, 2.05) is 6.20 Å². The minimum atomic E-state index is -0.110. The molecule has 0 spiro atoms. The monoisotopic (exact) mass is 807 g/mol. The molecular weight excluding hydrogens is 753 g/mol. The average Bonchev–Trinajstić information content (AvgIpc) is 3.86. The molecule has 5 nitrogen and oxygen atoms in total. The van der Waals surface area contributed by atoms with Crippen LogP contribution < -0.4 is 21.4 Å². The molecule has 6 heteroatoms. The van der Waals surface area contributed by atoms with Crippen LogP contribution in [0.2, 0.25) is 0 Å². The molecular formula is C56H54BN5. The van der Waals surface area contributed by atoms with E-state index in [4.69, 9.17) is 9.97 Å². The second-order valence-corrected chi connectivity index (χ2v) is 22.4. The molecule has 0 aliphatic carbocycles. The number of rotatable bonds is 1. The van der Waals surface area contributed by atoms with E-state index in [2.05, 4.69) is 200 Å². The standard InChI is InChI=1S/C56H54BN5/c1-53(2,3)31-13-18-35(19-14-31)60-43-22-17-34(56(10,11)12)29-40(43)57-47-50(60)45-37-23-25-58-30-44(37)61-42-21-16-33(55(7,8)9)28-39(42)46(49(45)61)51(47)62-41-20-15-32(54(4,5)6)27-38(41)36-24-26-59-52(57)48(36)62/h13-30H,1-12H3. The van der Waals surface area contributed by atoms with Crippen molar-refractivity contribution in [2.24, 2.45) is 0 Å². The van der Waals surface area contributed by atoms with E-state index in [-0.39, 0.29) is 28.4 Å². The summed E-state index contributed by atoms with van der Waals surface area (Å²) >= 11 is 0. The Morgan fingerprint density at radius 2 is 1.06 bits per heavy atom. The van der Waals surface area contributed by atoms with Gasteiger partial charge in [0.1, 0.15) is 0 Å². The van der Waals surface area contributed by atoms with Crippen LogP contribution in [0.5, 0.6) is 0 Å². The number of anilines is 3. The molecule has 5 aromatic carbocycles. The molecule has 5 aromatic heterocycles. The molecule has 0 bridgehead atoms. The molecule has 62 heavy (non-hydrogen) atoms. The third-order valence-electron chi connectivity index (χ3n) is 14.4. The van der Waals surface area contributed by atoms with Crippen LogP contribution in [0.1, 0.15) is 105 Å². The molecule has 0 unspecified atom stereocenters. The number of hydrogen-bond acceptors (Lipinski definition) is 3. The van der Waals surface area contributed by atoms with E-state index in [1.54, 1.807) is 0 Å². The van der Waals surface area contributed by atoms with Gasteiger partial charge in [-0.25, -0.2) is 0 Å². The summed E-state index contributed by atoms with van der Waals surface area (Å²) in [6, 6.07) is 35.6. The summed E-state index contributed by atoms with van der Waals surface area (Å²) in [5.74, 6) is 0. The van der Waals surface area contributed by atoms with Crippen molar-refractivity contribution in [3.63, 3.8) is 0 Å². The molecule has 0 amide bonds. The maximum absolute atomic E-state index is 5.49. The van der Waals surface area contributed by atoms with Crippen LogP contribution in [0.4, 0.5) is 17.1 Å². The van der Waals surface area contributed by atoms with Crippen LogP contribution in [-0.4, -0.2) is 25.6 Å². The van der Waals surface area contributed by atoms with Crippen LogP contribution in [0, 0.1) is 0 Å². The van der Waals surface area contributed by atoms with Gasteiger partial charge >= 0.3 is 0 Å². The molecule has 12 rings (SSSR count). The molecule has 306 valence electrons. The molecule has 0 saturated heterocycles. The highest BCUT2D eigenvalue weighted by Gasteiger charge is 2.47. The summed E-state index contributed by atoms with van der Waals surface area (Å²) < 4.78 is 5.15. The Hall–Kier alpha value is -6.14. The summed E-state index contributed by atoms with van der Waals surface area (Å²) in [5.41, 5.74) is 19.9. The average molecular weight is 808 g/mol. The first kappa shape index (κ1) is 37.6. The summed E-state index contributed by atoms with van der Waals surface area (Å²) in [6.45, 7) is 27.7. The second-order valence-electron chi connectivity index (χ2n) is 22.4. The highest BCUT2D eigenvalue weighted by molar-refractivity contribution is 7.00. The number of benzene rings is 5. The molecule has 2 aliphatic rings. The van der Waals surface area contributed by atoms with Crippen molar-refractivity contribution in [2.45, 2.75) is 105 Å². The molecule has 7 heterocycles. The number of nitrogens with zero attached hydrogens (tertiary/aromatic N) is 5. The van der Waals surface area contributed by atoms with Gasteiger partial charge in [-0.05, 0) is 109 Å². The fourth-order valence-corrected chi connectivity index (χ4v) is 11.0.